The molecule has 0 spiro atoms. The highest BCUT2D eigenvalue weighted by Gasteiger charge is 2.30. The van der Waals surface area contributed by atoms with E-state index in [0.29, 0.717) is 0 Å². The quantitative estimate of drug-likeness (QED) is 0.506. The second kappa shape index (κ2) is 6.39. The van der Waals surface area contributed by atoms with Crippen molar-refractivity contribution in [2.24, 2.45) is 0 Å². The minimum Gasteiger partial charge on any atom is -0.466 e. The highest BCUT2D eigenvalue weighted by atomic mass is 31.1. The molecule has 0 aromatic heterocycles. The van der Waals surface area contributed by atoms with Gasteiger partial charge in [0, 0.05) is 7.11 Å². The van der Waals surface area contributed by atoms with E-state index >= 15 is 0 Å². The van der Waals surface area contributed by atoms with Crippen molar-refractivity contribution in [3.05, 3.63) is 0 Å². The fourth-order valence-electron chi connectivity index (χ4n) is 0.551. The standard InChI is InChI=1S/C6H11O7P/c1-10-4(7)5(14(9)12-3)13-6(8)11-2/h5,14H,1-3H3. The van der Waals surface area contributed by atoms with Crippen LogP contribution in [0.3, 0.4) is 0 Å². The van der Waals surface area contributed by atoms with Gasteiger partial charge in [0.1, 0.15) is 0 Å². The lowest BCUT2D eigenvalue weighted by Crippen LogP contribution is -2.25. The lowest BCUT2D eigenvalue weighted by molar-refractivity contribution is -0.147. The minimum atomic E-state index is -2.83. The molecule has 0 saturated carbocycles. The highest BCUT2D eigenvalue weighted by Crippen LogP contribution is 2.30. The summed E-state index contributed by atoms with van der Waals surface area (Å²) in [6.07, 6.45) is -1.13. The van der Waals surface area contributed by atoms with Crippen molar-refractivity contribution in [1.82, 2.24) is 0 Å². The Balaban J connectivity index is 4.48. The van der Waals surface area contributed by atoms with Crippen molar-refractivity contribution in [2.45, 2.75) is 5.85 Å². The second-order valence-electron chi connectivity index (χ2n) is 2.00. The molecule has 0 radical (unpaired) electrons. The van der Waals surface area contributed by atoms with Crippen LogP contribution in [0.25, 0.3) is 0 Å². The van der Waals surface area contributed by atoms with E-state index in [0.717, 1.165) is 21.3 Å². The van der Waals surface area contributed by atoms with Crippen molar-refractivity contribution >= 4 is 20.2 Å². The van der Waals surface area contributed by atoms with Crippen LogP contribution in [-0.2, 0) is 28.1 Å². The summed E-state index contributed by atoms with van der Waals surface area (Å²) in [6, 6.07) is 0. The fourth-order valence-corrected chi connectivity index (χ4v) is 1.27. The number of esters is 1. The minimum absolute atomic E-state index is 0.957. The molecular formula is C6H11O7P. The zero-order chi connectivity index (χ0) is 11.1. The molecule has 0 aromatic carbocycles. The number of carbonyl (C=O) groups excluding carboxylic acids is 2. The Morgan fingerprint density at radius 2 is 1.71 bits per heavy atom. The van der Waals surface area contributed by atoms with Gasteiger partial charge in [-0.25, -0.2) is 9.59 Å². The van der Waals surface area contributed by atoms with E-state index in [-0.39, 0.29) is 0 Å². The molecule has 82 valence electrons. The van der Waals surface area contributed by atoms with Crippen molar-refractivity contribution in [1.29, 1.82) is 0 Å². The molecule has 2 atom stereocenters. The Morgan fingerprint density at radius 1 is 1.14 bits per heavy atom. The Hall–Kier alpha value is -1.07. The zero-order valence-electron chi connectivity index (χ0n) is 7.94. The van der Waals surface area contributed by atoms with E-state index in [4.69, 9.17) is 0 Å². The number of hydrogen-bond acceptors (Lipinski definition) is 7. The maximum absolute atomic E-state index is 11.1. The van der Waals surface area contributed by atoms with E-state index < -0.39 is 26.0 Å². The Morgan fingerprint density at radius 3 is 2.07 bits per heavy atom. The molecule has 0 aliphatic carbocycles. The lowest BCUT2D eigenvalue weighted by Gasteiger charge is -2.12. The molecule has 0 fully saturated rings. The largest absolute Gasteiger partial charge is 0.509 e. The van der Waals surface area contributed by atoms with E-state index in [1.807, 2.05) is 0 Å². The molecular weight excluding hydrogens is 215 g/mol. The predicted molar refractivity (Wildman–Crippen MR) is 45.3 cm³/mol. The van der Waals surface area contributed by atoms with Crippen LogP contribution in [0, 0.1) is 0 Å². The van der Waals surface area contributed by atoms with Gasteiger partial charge >= 0.3 is 12.1 Å². The van der Waals surface area contributed by atoms with Crippen LogP contribution in [-0.4, -0.2) is 39.3 Å². The third-order valence-corrected chi connectivity index (χ3v) is 2.40. The Kier molecular flexibility index (Phi) is 5.91. The molecule has 0 aliphatic rings. The van der Waals surface area contributed by atoms with Crippen LogP contribution in [0.2, 0.25) is 0 Å². The number of rotatable bonds is 4. The molecule has 0 N–H and O–H groups in total. The van der Waals surface area contributed by atoms with Crippen LogP contribution in [0.5, 0.6) is 0 Å². The van der Waals surface area contributed by atoms with Gasteiger partial charge in [-0.2, -0.15) is 0 Å². The summed E-state index contributed by atoms with van der Waals surface area (Å²) in [4.78, 5) is 21.6. The summed E-state index contributed by atoms with van der Waals surface area (Å²) in [5, 5.41) is 0. The van der Waals surface area contributed by atoms with Crippen molar-refractivity contribution in [3.8, 4) is 0 Å². The van der Waals surface area contributed by atoms with E-state index in [1.54, 1.807) is 0 Å². The van der Waals surface area contributed by atoms with Gasteiger partial charge < -0.3 is 18.7 Å². The van der Waals surface area contributed by atoms with E-state index in [2.05, 4.69) is 18.7 Å². The van der Waals surface area contributed by atoms with Gasteiger partial charge in [-0.15, -0.1) is 0 Å². The molecule has 0 rings (SSSR count). The third-order valence-electron chi connectivity index (χ3n) is 1.21. The van der Waals surface area contributed by atoms with Gasteiger partial charge in [0.25, 0.3) is 5.85 Å². The first-order valence-electron chi connectivity index (χ1n) is 3.47. The maximum Gasteiger partial charge on any atom is 0.509 e. The predicted octanol–water partition coefficient (Wildman–Crippen LogP) is 0.390. The molecule has 8 heteroatoms. The topological polar surface area (TPSA) is 88.1 Å². The summed E-state index contributed by atoms with van der Waals surface area (Å²) in [5.41, 5.74) is 0. The van der Waals surface area contributed by atoms with Crippen LogP contribution in [0.4, 0.5) is 4.79 Å². The summed E-state index contributed by atoms with van der Waals surface area (Å²) in [7, 11) is 0.418. The van der Waals surface area contributed by atoms with E-state index in [9.17, 15) is 14.2 Å². The molecule has 0 heterocycles. The van der Waals surface area contributed by atoms with Crippen molar-refractivity contribution in [2.75, 3.05) is 21.3 Å². The van der Waals surface area contributed by atoms with Gasteiger partial charge in [0.15, 0.2) is 0 Å². The number of methoxy groups -OCH3 is 2. The molecule has 14 heavy (non-hydrogen) atoms. The maximum atomic E-state index is 11.1. The number of carbonyl (C=O) groups is 2. The van der Waals surface area contributed by atoms with Crippen LogP contribution < -0.4 is 0 Å². The first kappa shape index (κ1) is 12.9. The molecule has 0 saturated heterocycles. The smallest absolute Gasteiger partial charge is 0.466 e. The normalized spacial score (nSPS) is 13.9. The van der Waals surface area contributed by atoms with Gasteiger partial charge in [-0.3, -0.25) is 4.57 Å². The lowest BCUT2D eigenvalue weighted by atomic mass is 10.7. The molecule has 0 amide bonds. The third kappa shape index (κ3) is 3.76. The average molecular weight is 226 g/mol. The number of hydrogen-bond donors (Lipinski definition) is 0. The van der Waals surface area contributed by atoms with Crippen molar-refractivity contribution in [3.63, 3.8) is 0 Å². The fraction of sp³-hybridized carbons (Fsp3) is 0.667. The van der Waals surface area contributed by atoms with Gasteiger partial charge in [-0.1, -0.05) is 0 Å². The summed E-state index contributed by atoms with van der Waals surface area (Å²) < 4.78 is 28.2. The molecule has 0 aliphatic heterocycles. The summed E-state index contributed by atoms with van der Waals surface area (Å²) in [5.74, 6) is -2.52. The molecule has 0 bridgehead atoms. The summed E-state index contributed by atoms with van der Waals surface area (Å²) in [6.45, 7) is 0. The van der Waals surface area contributed by atoms with Gasteiger partial charge in [0.2, 0.25) is 8.03 Å². The van der Waals surface area contributed by atoms with Crippen molar-refractivity contribution < 1.29 is 32.9 Å². The van der Waals surface area contributed by atoms with Crippen LogP contribution >= 0.6 is 8.03 Å². The van der Waals surface area contributed by atoms with Gasteiger partial charge in [0.05, 0.1) is 14.2 Å². The average Bonchev–Trinajstić information content (AvgIpc) is 2.23. The number of ether oxygens (including phenoxy) is 3. The second-order valence-corrected chi connectivity index (χ2v) is 3.57. The molecule has 0 aromatic rings. The zero-order valence-corrected chi connectivity index (χ0v) is 8.94. The monoisotopic (exact) mass is 226 g/mol. The van der Waals surface area contributed by atoms with E-state index in [1.165, 1.54) is 0 Å². The Labute approximate surface area is 81.1 Å². The molecule has 7 nitrogen and oxygen atoms in total. The van der Waals surface area contributed by atoms with Gasteiger partial charge in [-0.05, 0) is 0 Å². The SMILES string of the molecule is COC(=O)OC(C(=O)OC)[PH](=O)OC. The first-order chi connectivity index (χ1) is 6.56. The van der Waals surface area contributed by atoms with Crippen LogP contribution in [0.1, 0.15) is 0 Å². The Bertz CT molecular complexity index is 222. The van der Waals surface area contributed by atoms with Crippen LogP contribution in [0.15, 0.2) is 0 Å². The molecule has 2 unspecified atom stereocenters. The summed E-state index contributed by atoms with van der Waals surface area (Å²) >= 11 is 0. The highest BCUT2D eigenvalue weighted by molar-refractivity contribution is 7.41. The first-order valence-corrected chi connectivity index (χ1v) is 4.86.